The second kappa shape index (κ2) is 7.52. The van der Waals surface area contributed by atoms with Crippen molar-refractivity contribution in [1.29, 1.82) is 0 Å². The van der Waals surface area contributed by atoms with Crippen molar-refractivity contribution in [2.24, 2.45) is 4.99 Å². The Bertz CT molecular complexity index is 429. The zero-order valence-corrected chi connectivity index (χ0v) is 12.5. The Morgan fingerprint density at radius 3 is 2.50 bits per heavy atom. The van der Waals surface area contributed by atoms with Crippen LogP contribution in [0.2, 0.25) is 0 Å². The molecule has 0 spiro atoms. The van der Waals surface area contributed by atoms with E-state index in [0.717, 1.165) is 31.4 Å². The van der Waals surface area contributed by atoms with Crippen LogP contribution < -0.4 is 5.32 Å². The van der Waals surface area contributed by atoms with Gasteiger partial charge in [-0.2, -0.15) is 0 Å². The van der Waals surface area contributed by atoms with Crippen LogP contribution in [0.4, 0.5) is 9.59 Å². The van der Waals surface area contributed by atoms with Gasteiger partial charge in [0.2, 0.25) is 5.96 Å². The molecule has 20 heavy (non-hydrogen) atoms. The molecule has 0 saturated carbocycles. The number of amides is 3. The van der Waals surface area contributed by atoms with Crippen molar-refractivity contribution in [1.82, 2.24) is 15.1 Å². The fourth-order valence-corrected chi connectivity index (χ4v) is 1.87. The fraction of sp³-hybridized carbons (Fsp3) is 0.615. The first-order chi connectivity index (χ1) is 9.45. The van der Waals surface area contributed by atoms with Gasteiger partial charge in [-0.15, -0.1) is 4.99 Å². The van der Waals surface area contributed by atoms with E-state index in [1.54, 1.807) is 26.0 Å². The first-order valence-electron chi connectivity index (χ1n) is 6.53. The Kier molecular flexibility index (Phi) is 6.02. The molecular formula is C13H22N4O3. The largest absolute Gasteiger partial charge is 0.451 e. The number of allylic oxidation sites excluding steroid dienone is 2. The lowest BCUT2D eigenvalue weighted by Crippen LogP contribution is -2.46. The average Bonchev–Trinajstić information content (AvgIpc) is 2.44. The number of guanidine groups is 1. The molecule has 1 N–H and O–H groups in total. The Balaban J connectivity index is 2.76. The van der Waals surface area contributed by atoms with Crippen LogP contribution in [-0.4, -0.2) is 56.1 Å². The van der Waals surface area contributed by atoms with Gasteiger partial charge in [-0.25, -0.2) is 9.59 Å². The molecule has 7 nitrogen and oxygen atoms in total. The lowest BCUT2D eigenvalue weighted by molar-refractivity contribution is 0.181. The van der Waals surface area contributed by atoms with Crippen LogP contribution in [0.5, 0.6) is 0 Å². The number of carbonyl (C=O) groups is 2. The second-order valence-electron chi connectivity index (χ2n) is 4.74. The van der Waals surface area contributed by atoms with Gasteiger partial charge in [-0.05, 0) is 25.7 Å². The fourth-order valence-electron chi connectivity index (χ4n) is 1.87. The lowest BCUT2D eigenvalue weighted by Gasteiger charge is -2.25. The molecule has 1 rings (SSSR count). The Labute approximate surface area is 119 Å². The standard InChI is InChI=1S/C13H22N4O3/c1-16(2)11(15-13(19)20-4)17(3)12(18)14-10-8-6-5-7-9-10/h8H,5-7,9H2,1-4H3,(H,14,18). The number of hydrogen-bond donors (Lipinski definition) is 1. The van der Waals surface area contributed by atoms with Crippen molar-refractivity contribution in [3.8, 4) is 0 Å². The van der Waals surface area contributed by atoms with E-state index in [2.05, 4.69) is 15.0 Å². The minimum Gasteiger partial charge on any atom is -0.451 e. The maximum atomic E-state index is 12.1. The van der Waals surface area contributed by atoms with Gasteiger partial charge in [0, 0.05) is 26.8 Å². The van der Waals surface area contributed by atoms with Crippen LogP contribution >= 0.6 is 0 Å². The molecular weight excluding hydrogens is 260 g/mol. The minimum atomic E-state index is -0.745. The number of urea groups is 1. The van der Waals surface area contributed by atoms with Crippen molar-refractivity contribution in [2.45, 2.75) is 25.7 Å². The Hall–Kier alpha value is -2.05. The molecule has 0 unspecified atom stereocenters. The predicted molar refractivity (Wildman–Crippen MR) is 76.4 cm³/mol. The van der Waals surface area contributed by atoms with Crippen molar-refractivity contribution in [3.05, 3.63) is 11.8 Å². The molecule has 112 valence electrons. The molecule has 7 heteroatoms. The molecule has 0 atom stereocenters. The van der Waals surface area contributed by atoms with Gasteiger partial charge < -0.3 is 15.0 Å². The molecule has 0 aromatic rings. The lowest BCUT2D eigenvalue weighted by atomic mass is 10.1. The summed E-state index contributed by atoms with van der Waals surface area (Å²) in [6.45, 7) is 0. The summed E-state index contributed by atoms with van der Waals surface area (Å²) in [6, 6.07) is -0.325. The predicted octanol–water partition coefficient (Wildman–Crippen LogP) is 1.77. The van der Waals surface area contributed by atoms with Crippen LogP contribution in [0, 0.1) is 0 Å². The molecule has 0 radical (unpaired) electrons. The van der Waals surface area contributed by atoms with Gasteiger partial charge in [-0.1, -0.05) is 6.08 Å². The first-order valence-corrected chi connectivity index (χ1v) is 6.53. The number of nitrogens with zero attached hydrogens (tertiary/aromatic N) is 3. The quantitative estimate of drug-likeness (QED) is 0.587. The summed E-state index contributed by atoms with van der Waals surface area (Å²) in [4.78, 5) is 30.0. The average molecular weight is 282 g/mol. The molecule has 0 bridgehead atoms. The Morgan fingerprint density at radius 1 is 1.30 bits per heavy atom. The third kappa shape index (κ3) is 4.56. The summed E-state index contributed by atoms with van der Waals surface area (Å²) in [6.07, 6.45) is 5.36. The van der Waals surface area contributed by atoms with E-state index < -0.39 is 6.09 Å². The van der Waals surface area contributed by atoms with Crippen molar-refractivity contribution in [3.63, 3.8) is 0 Å². The highest BCUT2D eigenvalue weighted by Gasteiger charge is 2.19. The van der Waals surface area contributed by atoms with Crippen LogP contribution in [-0.2, 0) is 4.74 Å². The highest BCUT2D eigenvalue weighted by Crippen LogP contribution is 2.15. The van der Waals surface area contributed by atoms with Gasteiger partial charge in [-0.3, -0.25) is 4.90 Å². The summed E-state index contributed by atoms with van der Waals surface area (Å²) in [5.41, 5.74) is 0.921. The molecule has 3 amide bonds. The molecule has 0 saturated heterocycles. The number of methoxy groups -OCH3 is 1. The molecule has 0 fully saturated rings. The zero-order valence-electron chi connectivity index (χ0n) is 12.5. The van der Waals surface area contributed by atoms with E-state index in [4.69, 9.17) is 0 Å². The molecule has 0 heterocycles. The maximum Gasteiger partial charge on any atom is 0.436 e. The van der Waals surface area contributed by atoms with Gasteiger partial charge in [0.25, 0.3) is 0 Å². The van der Waals surface area contributed by atoms with E-state index >= 15 is 0 Å². The number of rotatable bonds is 1. The molecule has 0 aromatic carbocycles. The summed E-state index contributed by atoms with van der Waals surface area (Å²) in [7, 11) is 6.20. The summed E-state index contributed by atoms with van der Waals surface area (Å²) in [5, 5.41) is 2.83. The van der Waals surface area contributed by atoms with E-state index in [0.29, 0.717) is 0 Å². The minimum absolute atomic E-state index is 0.214. The number of carbonyl (C=O) groups excluding carboxylic acids is 2. The van der Waals surface area contributed by atoms with Gasteiger partial charge >= 0.3 is 12.1 Å². The number of aliphatic imine (C=N–C) groups is 1. The normalized spacial score (nSPS) is 15.2. The molecule has 0 aromatic heterocycles. The second-order valence-corrected chi connectivity index (χ2v) is 4.74. The topological polar surface area (TPSA) is 74.2 Å². The SMILES string of the molecule is COC(=O)N=C(N(C)C)N(C)C(=O)NC1=CCCCC1. The Morgan fingerprint density at radius 2 is 2.00 bits per heavy atom. The highest BCUT2D eigenvalue weighted by atomic mass is 16.5. The van der Waals surface area contributed by atoms with Gasteiger partial charge in [0.05, 0.1) is 7.11 Å². The number of hydrogen-bond acceptors (Lipinski definition) is 3. The van der Waals surface area contributed by atoms with E-state index in [-0.39, 0.29) is 12.0 Å². The summed E-state index contributed by atoms with van der Waals surface area (Å²) < 4.78 is 4.49. The van der Waals surface area contributed by atoms with E-state index in [1.807, 2.05) is 6.08 Å². The van der Waals surface area contributed by atoms with Crippen molar-refractivity contribution < 1.29 is 14.3 Å². The van der Waals surface area contributed by atoms with Crippen LogP contribution in [0.3, 0.4) is 0 Å². The summed E-state index contributed by atoms with van der Waals surface area (Å²) in [5.74, 6) is 0.214. The smallest absolute Gasteiger partial charge is 0.436 e. The summed E-state index contributed by atoms with van der Waals surface area (Å²) >= 11 is 0. The molecule has 0 aliphatic heterocycles. The highest BCUT2D eigenvalue weighted by molar-refractivity contribution is 6.00. The van der Waals surface area contributed by atoms with Crippen LogP contribution in [0.25, 0.3) is 0 Å². The maximum absolute atomic E-state index is 12.1. The van der Waals surface area contributed by atoms with E-state index in [1.165, 1.54) is 12.0 Å². The van der Waals surface area contributed by atoms with Gasteiger partial charge in [0.15, 0.2) is 0 Å². The van der Waals surface area contributed by atoms with Crippen LogP contribution in [0.1, 0.15) is 25.7 Å². The van der Waals surface area contributed by atoms with Gasteiger partial charge in [0.1, 0.15) is 0 Å². The van der Waals surface area contributed by atoms with Crippen molar-refractivity contribution in [2.75, 3.05) is 28.3 Å². The van der Waals surface area contributed by atoms with E-state index in [9.17, 15) is 9.59 Å². The van der Waals surface area contributed by atoms with Crippen molar-refractivity contribution >= 4 is 18.1 Å². The molecule has 1 aliphatic rings. The van der Waals surface area contributed by atoms with Crippen LogP contribution in [0.15, 0.2) is 16.8 Å². The monoisotopic (exact) mass is 282 g/mol. The number of nitrogens with one attached hydrogen (secondary N) is 1. The number of ether oxygens (including phenoxy) is 1. The third-order valence-electron chi connectivity index (χ3n) is 2.93. The zero-order chi connectivity index (χ0) is 15.1. The molecule has 1 aliphatic carbocycles. The third-order valence-corrected chi connectivity index (χ3v) is 2.93. The first kappa shape index (κ1) is 16.0.